The molecule has 3 nitrogen and oxygen atoms in total. The van der Waals surface area contributed by atoms with Crippen LogP contribution in [0.5, 0.6) is 0 Å². The van der Waals surface area contributed by atoms with E-state index in [4.69, 9.17) is 28.9 Å². The molecule has 1 heterocycles. The van der Waals surface area contributed by atoms with Crippen molar-refractivity contribution < 1.29 is 0 Å². The fourth-order valence-corrected chi connectivity index (χ4v) is 3.47. The minimum Gasteiger partial charge on any atom is -0.329 e. The zero-order chi connectivity index (χ0) is 14.7. The second kappa shape index (κ2) is 7.10. The molecule has 1 aromatic rings. The Morgan fingerprint density at radius 2 is 2.15 bits per heavy atom. The van der Waals surface area contributed by atoms with Crippen LogP contribution in [0.15, 0.2) is 18.2 Å². The molecule has 2 unspecified atom stereocenters. The first-order valence-corrected chi connectivity index (χ1v) is 7.84. The highest BCUT2D eigenvalue weighted by atomic mass is 35.5. The molecular weight excluding hydrogens is 293 g/mol. The SMILES string of the molecule is CN(C)C1CCCN(C(CN)c2ccc(Cl)cc2Cl)C1. The van der Waals surface area contributed by atoms with Gasteiger partial charge in [0.15, 0.2) is 0 Å². The lowest BCUT2D eigenvalue weighted by Gasteiger charge is -2.40. The Kier molecular flexibility index (Phi) is 5.70. The van der Waals surface area contributed by atoms with Crippen molar-refractivity contribution in [3.05, 3.63) is 33.8 Å². The number of piperidine rings is 1. The number of hydrogen-bond acceptors (Lipinski definition) is 3. The molecule has 0 bridgehead atoms. The molecule has 1 aliphatic rings. The number of nitrogens with two attached hydrogens (primary N) is 1. The third kappa shape index (κ3) is 3.66. The predicted molar refractivity (Wildman–Crippen MR) is 86.5 cm³/mol. The summed E-state index contributed by atoms with van der Waals surface area (Å²) in [5.74, 6) is 0. The maximum absolute atomic E-state index is 6.34. The average Bonchev–Trinajstić information content (AvgIpc) is 2.42. The van der Waals surface area contributed by atoms with Gasteiger partial charge in [-0.1, -0.05) is 29.3 Å². The van der Waals surface area contributed by atoms with E-state index in [1.807, 2.05) is 12.1 Å². The van der Waals surface area contributed by atoms with Gasteiger partial charge in [0.25, 0.3) is 0 Å². The lowest BCUT2D eigenvalue weighted by atomic mass is 9.99. The Morgan fingerprint density at radius 1 is 1.40 bits per heavy atom. The highest BCUT2D eigenvalue weighted by molar-refractivity contribution is 6.35. The van der Waals surface area contributed by atoms with Crippen molar-refractivity contribution in [2.24, 2.45) is 5.73 Å². The Hall–Kier alpha value is -0.320. The van der Waals surface area contributed by atoms with Crippen LogP contribution in [0.25, 0.3) is 0 Å². The van der Waals surface area contributed by atoms with E-state index >= 15 is 0 Å². The first-order chi connectivity index (χ1) is 9.52. The number of likely N-dealkylation sites (tertiary alicyclic amines) is 1. The third-order valence-corrected chi connectivity index (χ3v) is 4.71. The van der Waals surface area contributed by atoms with Crippen molar-refractivity contribution in [2.75, 3.05) is 33.7 Å². The molecule has 1 saturated heterocycles. The van der Waals surface area contributed by atoms with E-state index in [1.54, 1.807) is 6.07 Å². The van der Waals surface area contributed by atoms with Crippen molar-refractivity contribution in [3.8, 4) is 0 Å². The van der Waals surface area contributed by atoms with Gasteiger partial charge in [0.1, 0.15) is 0 Å². The molecule has 0 amide bonds. The molecule has 1 aliphatic heterocycles. The van der Waals surface area contributed by atoms with E-state index in [0.717, 1.165) is 18.7 Å². The van der Waals surface area contributed by atoms with Crippen LogP contribution in [0.3, 0.4) is 0 Å². The molecule has 0 saturated carbocycles. The van der Waals surface area contributed by atoms with Gasteiger partial charge in [-0.15, -0.1) is 0 Å². The number of halogens is 2. The van der Waals surface area contributed by atoms with Crippen molar-refractivity contribution in [1.29, 1.82) is 0 Å². The molecular formula is C15H23Cl2N3. The molecule has 20 heavy (non-hydrogen) atoms. The molecule has 0 aromatic heterocycles. The Balaban J connectivity index is 2.19. The van der Waals surface area contributed by atoms with E-state index in [2.05, 4.69) is 23.9 Å². The van der Waals surface area contributed by atoms with Gasteiger partial charge >= 0.3 is 0 Å². The van der Waals surface area contributed by atoms with Crippen LogP contribution in [-0.4, -0.2) is 49.6 Å². The molecule has 0 radical (unpaired) electrons. The Bertz CT molecular complexity index is 451. The van der Waals surface area contributed by atoms with Gasteiger partial charge in [-0.25, -0.2) is 0 Å². The number of rotatable bonds is 4. The minimum atomic E-state index is 0.169. The number of nitrogens with zero attached hydrogens (tertiary/aromatic N) is 2. The van der Waals surface area contributed by atoms with E-state index in [-0.39, 0.29) is 6.04 Å². The molecule has 0 spiro atoms. The summed E-state index contributed by atoms with van der Waals surface area (Å²) < 4.78 is 0. The molecule has 112 valence electrons. The van der Waals surface area contributed by atoms with Crippen LogP contribution in [-0.2, 0) is 0 Å². The molecule has 2 rings (SSSR count). The van der Waals surface area contributed by atoms with E-state index in [1.165, 1.54) is 12.8 Å². The Labute approximate surface area is 131 Å². The maximum Gasteiger partial charge on any atom is 0.0485 e. The van der Waals surface area contributed by atoms with Crippen LogP contribution < -0.4 is 5.73 Å². The summed E-state index contributed by atoms with van der Waals surface area (Å²) in [4.78, 5) is 4.74. The smallest absolute Gasteiger partial charge is 0.0485 e. The summed E-state index contributed by atoms with van der Waals surface area (Å²) in [7, 11) is 4.28. The number of hydrogen-bond donors (Lipinski definition) is 1. The highest BCUT2D eigenvalue weighted by Gasteiger charge is 2.28. The monoisotopic (exact) mass is 315 g/mol. The maximum atomic E-state index is 6.34. The zero-order valence-corrected chi connectivity index (χ0v) is 13.7. The molecule has 0 aliphatic carbocycles. The van der Waals surface area contributed by atoms with Crippen LogP contribution in [0, 0.1) is 0 Å². The minimum absolute atomic E-state index is 0.169. The summed E-state index contributed by atoms with van der Waals surface area (Å²) in [6.07, 6.45) is 2.44. The number of likely N-dealkylation sites (N-methyl/N-ethyl adjacent to an activating group) is 1. The second-order valence-corrected chi connectivity index (χ2v) is 6.52. The summed E-state index contributed by atoms with van der Waals surface area (Å²) in [6.45, 7) is 2.68. The van der Waals surface area contributed by atoms with Gasteiger partial charge in [0.05, 0.1) is 0 Å². The van der Waals surface area contributed by atoms with Crippen molar-refractivity contribution in [2.45, 2.75) is 24.9 Å². The summed E-state index contributed by atoms with van der Waals surface area (Å²) in [5, 5.41) is 1.37. The van der Waals surface area contributed by atoms with Crippen LogP contribution in [0.1, 0.15) is 24.4 Å². The van der Waals surface area contributed by atoms with E-state index in [9.17, 15) is 0 Å². The third-order valence-electron chi connectivity index (χ3n) is 4.14. The quantitative estimate of drug-likeness (QED) is 0.927. The van der Waals surface area contributed by atoms with Gasteiger partial charge in [0, 0.05) is 35.2 Å². The summed E-state index contributed by atoms with van der Waals surface area (Å²) in [6, 6.07) is 6.45. The van der Waals surface area contributed by atoms with Crippen molar-refractivity contribution in [3.63, 3.8) is 0 Å². The molecule has 2 N–H and O–H groups in total. The van der Waals surface area contributed by atoms with Gasteiger partial charge in [-0.05, 0) is 51.2 Å². The molecule has 1 fully saturated rings. The van der Waals surface area contributed by atoms with Gasteiger partial charge in [-0.2, -0.15) is 0 Å². The fourth-order valence-electron chi connectivity index (χ4n) is 2.93. The van der Waals surface area contributed by atoms with Crippen LogP contribution in [0.4, 0.5) is 0 Å². The predicted octanol–water partition coefficient (Wildman–Crippen LogP) is 3.02. The summed E-state index contributed by atoms with van der Waals surface area (Å²) in [5.41, 5.74) is 7.10. The van der Waals surface area contributed by atoms with Gasteiger partial charge < -0.3 is 10.6 Å². The van der Waals surface area contributed by atoms with Crippen molar-refractivity contribution in [1.82, 2.24) is 9.80 Å². The normalized spacial score (nSPS) is 22.2. The lowest BCUT2D eigenvalue weighted by molar-refractivity contribution is 0.0984. The topological polar surface area (TPSA) is 32.5 Å². The van der Waals surface area contributed by atoms with Gasteiger partial charge in [0.2, 0.25) is 0 Å². The fraction of sp³-hybridized carbons (Fsp3) is 0.600. The largest absolute Gasteiger partial charge is 0.329 e. The standard InChI is InChI=1S/C15H23Cl2N3/c1-19(2)12-4-3-7-20(10-12)15(9-18)13-6-5-11(16)8-14(13)17/h5-6,8,12,15H,3-4,7,9-10,18H2,1-2H3. The second-order valence-electron chi connectivity index (χ2n) is 5.67. The molecule has 2 atom stereocenters. The van der Waals surface area contributed by atoms with E-state index in [0.29, 0.717) is 22.6 Å². The zero-order valence-electron chi connectivity index (χ0n) is 12.1. The highest BCUT2D eigenvalue weighted by Crippen LogP contribution is 2.31. The average molecular weight is 316 g/mol. The molecule has 5 heteroatoms. The first kappa shape index (κ1) is 16.1. The van der Waals surface area contributed by atoms with Crippen LogP contribution in [0.2, 0.25) is 10.0 Å². The lowest BCUT2D eigenvalue weighted by Crippen LogP contribution is -2.47. The van der Waals surface area contributed by atoms with Gasteiger partial charge in [-0.3, -0.25) is 4.90 Å². The van der Waals surface area contributed by atoms with E-state index < -0.39 is 0 Å². The molecule has 1 aromatic carbocycles. The summed E-state index contributed by atoms with van der Waals surface area (Å²) >= 11 is 12.3. The first-order valence-electron chi connectivity index (χ1n) is 7.08. The number of benzene rings is 1. The Morgan fingerprint density at radius 3 is 2.75 bits per heavy atom. The van der Waals surface area contributed by atoms with Crippen LogP contribution >= 0.6 is 23.2 Å². The van der Waals surface area contributed by atoms with Crippen molar-refractivity contribution >= 4 is 23.2 Å².